The molecule has 1 aliphatic rings. The fraction of sp³-hybridized carbons (Fsp3) is 0.643. The van der Waals surface area contributed by atoms with Crippen LogP contribution in [0.4, 0.5) is 0 Å². The quantitative estimate of drug-likeness (QED) is 0.758. The zero-order chi connectivity index (χ0) is 14.4. The summed E-state index contributed by atoms with van der Waals surface area (Å²) in [6, 6.07) is 1.90. The van der Waals surface area contributed by atoms with E-state index < -0.39 is 0 Å². The van der Waals surface area contributed by atoms with Crippen LogP contribution in [0.3, 0.4) is 0 Å². The highest BCUT2D eigenvalue weighted by Crippen LogP contribution is 2.27. The van der Waals surface area contributed by atoms with Crippen molar-refractivity contribution >= 4 is 33.2 Å². The van der Waals surface area contributed by atoms with Crippen molar-refractivity contribution < 1.29 is 14.3 Å². The Morgan fingerprint density at radius 2 is 2.50 bits per heavy atom. The van der Waals surface area contributed by atoms with Crippen LogP contribution in [0, 0.1) is 6.92 Å². The van der Waals surface area contributed by atoms with Crippen LogP contribution >= 0.6 is 27.3 Å². The van der Waals surface area contributed by atoms with E-state index in [4.69, 9.17) is 9.47 Å². The minimum Gasteiger partial charge on any atom is -0.379 e. The van der Waals surface area contributed by atoms with Gasteiger partial charge < -0.3 is 14.8 Å². The summed E-state index contributed by atoms with van der Waals surface area (Å²) in [7, 11) is 0. The predicted molar refractivity (Wildman–Crippen MR) is 83.5 cm³/mol. The summed E-state index contributed by atoms with van der Waals surface area (Å²) < 4.78 is 12.0. The van der Waals surface area contributed by atoms with E-state index in [1.54, 1.807) is 0 Å². The van der Waals surface area contributed by atoms with Gasteiger partial charge in [-0.25, -0.2) is 0 Å². The highest BCUT2D eigenvalue weighted by atomic mass is 79.9. The van der Waals surface area contributed by atoms with Crippen molar-refractivity contribution in [3.63, 3.8) is 0 Å². The number of rotatable bonds is 7. The monoisotopic (exact) mass is 361 g/mol. The van der Waals surface area contributed by atoms with E-state index in [1.165, 1.54) is 11.3 Å². The predicted octanol–water partition coefficient (Wildman–Crippen LogP) is 3.13. The van der Waals surface area contributed by atoms with Crippen molar-refractivity contribution in [1.29, 1.82) is 0 Å². The molecule has 1 aromatic heterocycles. The number of amides is 1. The molecule has 0 spiro atoms. The zero-order valence-corrected chi connectivity index (χ0v) is 14.0. The topological polar surface area (TPSA) is 47.6 Å². The number of hydrogen-bond acceptors (Lipinski definition) is 4. The van der Waals surface area contributed by atoms with Gasteiger partial charge in [-0.3, -0.25) is 4.79 Å². The Morgan fingerprint density at radius 3 is 3.15 bits per heavy atom. The summed E-state index contributed by atoms with van der Waals surface area (Å²) in [4.78, 5) is 12.6. The first-order chi connectivity index (χ1) is 9.66. The molecule has 0 bridgehead atoms. The smallest absolute Gasteiger partial charge is 0.261 e. The number of hydrogen-bond donors (Lipinski definition) is 1. The van der Waals surface area contributed by atoms with Gasteiger partial charge in [0.25, 0.3) is 5.91 Å². The van der Waals surface area contributed by atoms with Crippen molar-refractivity contribution in [1.82, 2.24) is 5.32 Å². The molecule has 1 unspecified atom stereocenters. The number of aryl methyl sites for hydroxylation is 1. The Morgan fingerprint density at radius 1 is 1.65 bits per heavy atom. The third-order valence-corrected chi connectivity index (χ3v) is 5.30. The minimum absolute atomic E-state index is 0.0112. The van der Waals surface area contributed by atoms with Crippen LogP contribution in [-0.2, 0) is 9.47 Å². The lowest BCUT2D eigenvalue weighted by atomic mass is 10.2. The Bertz CT molecular complexity index is 424. The second kappa shape index (κ2) is 8.12. The lowest BCUT2D eigenvalue weighted by Crippen LogP contribution is -2.25. The number of halogens is 1. The Labute approximate surface area is 132 Å². The Kier molecular flexibility index (Phi) is 6.48. The standard InChI is InChI=1S/C14H20BrNO3S/c1-10-8-12(20-13(10)15)14(17)16-5-3-6-18-9-11-4-2-7-19-11/h8,11H,2-7,9H2,1H3,(H,16,17). The van der Waals surface area contributed by atoms with E-state index in [-0.39, 0.29) is 12.0 Å². The molecule has 1 N–H and O–H groups in total. The van der Waals surface area contributed by atoms with Crippen LogP contribution in [0.5, 0.6) is 0 Å². The lowest BCUT2D eigenvalue weighted by Gasteiger charge is -2.10. The summed E-state index contributed by atoms with van der Waals surface area (Å²) >= 11 is 4.89. The first kappa shape index (κ1) is 15.9. The largest absolute Gasteiger partial charge is 0.379 e. The van der Waals surface area contributed by atoms with Crippen LogP contribution in [-0.4, -0.2) is 38.4 Å². The normalized spacial score (nSPS) is 18.4. The zero-order valence-electron chi connectivity index (χ0n) is 11.6. The molecule has 0 saturated carbocycles. The third-order valence-electron chi connectivity index (χ3n) is 3.16. The second-order valence-corrected chi connectivity index (χ2v) is 7.26. The highest BCUT2D eigenvalue weighted by molar-refractivity contribution is 9.11. The van der Waals surface area contributed by atoms with Gasteiger partial charge in [-0.05, 0) is 53.7 Å². The number of carbonyl (C=O) groups excluding carboxylic acids is 1. The van der Waals surface area contributed by atoms with Crippen LogP contribution in [0.1, 0.15) is 34.5 Å². The van der Waals surface area contributed by atoms with Crippen molar-refractivity contribution in [3.05, 3.63) is 20.3 Å². The highest BCUT2D eigenvalue weighted by Gasteiger charge is 2.15. The van der Waals surface area contributed by atoms with Gasteiger partial charge in [0.2, 0.25) is 0 Å². The molecule has 2 heterocycles. The van der Waals surface area contributed by atoms with Crippen LogP contribution in [0.25, 0.3) is 0 Å². The average Bonchev–Trinajstić information content (AvgIpc) is 3.04. The van der Waals surface area contributed by atoms with Gasteiger partial charge >= 0.3 is 0 Å². The van der Waals surface area contributed by atoms with Crippen LogP contribution in [0.2, 0.25) is 0 Å². The lowest BCUT2D eigenvalue weighted by molar-refractivity contribution is 0.0166. The number of carbonyl (C=O) groups is 1. The number of thiophene rings is 1. The fourth-order valence-corrected chi connectivity index (χ4v) is 3.48. The molecule has 1 aliphatic heterocycles. The van der Waals surface area contributed by atoms with Gasteiger partial charge in [0.1, 0.15) is 0 Å². The van der Waals surface area contributed by atoms with Gasteiger partial charge in [0, 0.05) is 19.8 Å². The molecule has 1 atom stereocenters. The molecule has 0 radical (unpaired) electrons. The number of ether oxygens (including phenoxy) is 2. The summed E-state index contributed by atoms with van der Waals surface area (Å²) in [5, 5.41) is 2.91. The molecule has 1 amide bonds. The molecular formula is C14H20BrNO3S. The van der Waals surface area contributed by atoms with Crippen molar-refractivity contribution in [2.75, 3.05) is 26.4 Å². The van der Waals surface area contributed by atoms with E-state index in [1.807, 2.05) is 13.0 Å². The van der Waals surface area contributed by atoms with Crippen molar-refractivity contribution in [3.8, 4) is 0 Å². The molecule has 112 valence electrons. The maximum Gasteiger partial charge on any atom is 0.261 e. The summed E-state index contributed by atoms with van der Waals surface area (Å²) in [6.07, 6.45) is 3.34. The maximum atomic E-state index is 11.9. The molecule has 1 saturated heterocycles. The van der Waals surface area contributed by atoms with Gasteiger partial charge in [-0.15, -0.1) is 11.3 Å². The van der Waals surface area contributed by atoms with E-state index in [2.05, 4.69) is 21.2 Å². The summed E-state index contributed by atoms with van der Waals surface area (Å²) in [6.45, 7) is 4.81. The molecule has 0 aromatic carbocycles. The van der Waals surface area contributed by atoms with E-state index >= 15 is 0 Å². The third kappa shape index (κ3) is 4.84. The van der Waals surface area contributed by atoms with Gasteiger partial charge in [0.05, 0.1) is 21.4 Å². The number of nitrogens with one attached hydrogen (secondary N) is 1. The minimum atomic E-state index is -0.0112. The van der Waals surface area contributed by atoms with Crippen molar-refractivity contribution in [2.24, 2.45) is 0 Å². The van der Waals surface area contributed by atoms with Gasteiger partial charge in [-0.2, -0.15) is 0 Å². The summed E-state index contributed by atoms with van der Waals surface area (Å²) in [5.41, 5.74) is 1.10. The SMILES string of the molecule is Cc1cc(C(=O)NCCCOCC2CCCO2)sc1Br. The van der Waals surface area contributed by atoms with Crippen LogP contribution < -0.4 is 5.32 Å². The first-order valence-electron chi connectivity index (χ1n) is 6.90. The molecule has 2 rings (SSSR count). The van der Waals surface area contributed by atoms with E-state index in [0.29, 0.717) is 19.8 Å². The van der Waals surface area contributed by atoms with Gasteiger partial charge in [-0.1, -0.05) is 0 Å². The van der Waals surface area contributed by atoms with Crippen LogP contribution in [0.15, 0.2) is 9.85 Å². The van der Waals surface area contributed by atoms with E-state index in [0.717, 1.165) is 40.1 Å². The fourth-order valence-electron chi connectivity index (χ4n) is 2.03. The van der Waals surface area contributed by atoms with Gasteiger partial charge in [0.15, 0.2) is 0 Å². The summed E-state index contributed by atoms with van der Waals surface area (Å²) in [5.74, 6) is -0.0112. The molecule has 6 heteroatoms. The van der Waals surface area contributed by atoms with Crippen molar-refractivity contribution in [2.45, 2.75) is 32.3 Å². The molecule has 4 nitrogen and oxygen atoms in total. The molecular weight excluding hydrogens is 342 g/mol. The molecule has 1 fully saturated rings. The molecule has 1 aromatic rings. The molecule has 20 heavy (non-hydrogen) atoms. The average molecular weight is 362 g/mol. The second-order valence-electron chi connectivity index (χ2n) is 4.89. The Balaban J connectivity index is 1.55. The molecule has 0 aliphatic carbocycles. The van der Waals surface area contributed by atoms with E-state index in [9.17, 15) is 4.79 Å². The Hall–Kier alpha value is -0.430. The first-order valence-corrected chi connectivity index (χ1v) is 8.51. The maximum absolute atomic E-state index is 11.9.